The van der Waals surface area contributed by atoms with Crippen LogP contribution in [0.5, 0.6) is 17.2 Å². The van der Waals surface area contributed by atoms with Gasteiger partial charge in [0.2, 0.25) is 0 Å². The fourth-order valence-electron chi connectivity index (χ4n) is 3.11. The Morgan fingerprint density at radius 1 is 0.828 bits per heavy atom. The third-order valence-corrected chi connectivity index (χ3v) is 5.20. The van der Waals surface area contributed by atoms with E-state index in [0.717, 1.165) is 46.6 Å². The van der Waals surface area contributed by atoms with Gasteiger partial charge in [-0.2, -0.15) is 0 Å². The summed E-state index contributed by atoms with van der Waals surface area (Å²) in [6, 6.07) is 22.3. The smallest absolute Gasteiger partial charge is 0.175 e. The highest BCUT2D eigenvalue weighted by Gasteiger charge is 2.12. The third-order valence-electron chi connectivity index (χ3n) is 4.61. The molecule has 0 atom stereocenters. The van der Waals surface area contributed by atoms with Gasteiger partial charge in [-0.05, 0) is 63.8 Å². The highest BCUT2D eigenvalue weighted by Crippen LogP contribution is 2.37. The molecule has 3 rings (SSSR count). The number of nitrogens with one attached hydrogen (secondary N) is 1. The van der Waals surface area contributed by atoms with Gasteiger partial charge in [-0.15, -0.1) is 0 Å². The number of hydrogen-bond donors (Lipinski definition) is 1. The fourth-order valence-corrected chi connectivity index (χ4v) is 3.71. The molecule has 0 aliphatic heterocycles. The molecule has 152 valence electrons. The maximum Gasteiger partial charge on any atom is 0.175 e. The Morgan fingerprint density at radius 2 is 1.55 bits per heavy atom. The predicted molar refractivity (Wildman–Crippen MR) is 120 cm³/mol. The highest BCUT2D eigenvalue weighted by atomic mass is 79.9. The van der Waals surface area contributed by atoms with Crippen LogP contribution in [0.25, 0.3) is 0 Å². The van der Waals surface area contributed by atoms with Crippen LogP contribution in [0.4, 0.5) is 0 Å². The maximum atomic E-state index is 6.00. The molecule has 0 heterocycles. The number of para-hydroxylation sites is 1. The van der Waals surface area contributed by atoms with Gasteiger partial charge in [-0.3, -0.25) is 0 Å². The summed E-state index contributed by atoms with van der Waals surface area (Å²) < 4.78 is 17.9. The Labute approximate surface area is 180 Å². The van der Waals surface area contributed by atoms with E-state index in [0.29, 0.717) is 12.4 Å². The third kappa shape index (κ3) is 5.99. The first-order valence-electron chi connectivity index (χ1n) is 9.57. The van der Waals surface area contributed by atoms with E-state index in [4.69, 9.17) is 14.2 Å². The number of methoxy groups -OCH3 is 2. The molecule has 3 aromatic carbocycles. The molecule has 3 aromatic rings. The number of rotatable bonds is 10. The summed E-state index contributed by atoms with van der Waals surface area (Å²) in [6.45, 7) is 2.09. The van der Waals surface area contributed by atoms with Gasteiger partial charge < -0.3 is 19.5 Å². The van der Waals surface area contributed by atoms with Crippen molar-refractivity contribution in [3.05, 3.63) is 87.9 Å². The van der Waals surface area contributed by atoms with Gasteiger partial charge in [0.1, 0.15) is 12.4 Å². The summed E-state index contributed by atoms with van der Waals surface area (Å²) in [6.07, 6.45) is 0.903. The lowest BCUT2D eigenvalue weighted by Gasteiger charge is -2.15. The van der Waals surface area contributed by atoms with E-state index >= 15 is 0 Å². The maximum absolute atomic E-state index is 6.00. The first kappa shape index (κ1) is 21.2. The summed E-state index contributed by atoms with van der Waals surface area (Å²) in [5, 5.41) is 3.48. The van der Waals surface area contributed by atoms with Crippen LogP contribution in [0.2, 0.25) is 0 Å². The van der Waals surface area contributed by atoms with Gasteiger partial charge >= 0.3 is 0 Å². The van der Waals surface area contributed by atoms with Crippen molar-refractivity contribution in [1.82, 2.24) is 5.32 Å². The lowest BCUT2D eigenvalue weighted by atomic mass is 10.1. The summed E-state index contributed by atoms with van der Waals surface area (Å²) in [5.74, 6) is 2.37. The first-order chi connectivity index (χ1) is 14.2. The van der Waals surface area contributed by atoms with Gasteiger partial charge in [0.05, 0.1) is 18.7 Å². The summed E-state index contributed by atoms with van der Waals surface area (Å²) >= 11 is 3.63. The molecule has 0 bridgehead atoms. The number of ether oxygens (including phenoxy) is 3. The van der Waals surface area contributed by atoms with Crippen molar-refractivity contribution in [2.24, 2.45) is 0 Å². The lowest BCUT2D eigenvalue weighted by Crippen LogP contribution is -2.17. The van der Waals surface area contributed by atoms with Gasteiger partial charge in [0, 0.05) is 6.54 Å². The summed E-state index contributed by atoms with van der Waals surface area (Å²) in [5.41, 5.74) is 3.44. The summed E-state index contributed by atoms with van der Waals surface area (Å²) in [7, 11) is 3.37. The van der Waals surface area contributed by atoms with E-state index in [1.54, 1.807) is 14.2 Å². The minimum absolute atomic E-state index is 0.492. The van der Waals surface area contributed by atoms with Crippen LogP contribution in [0.15, 0.2) is 71.2 Å². The standard InChI is InChI=1S/C24H26BrNO3/c1-27-22-11-7-6-10-20(22)12-13-26-16-19-14-21(25)24(23(15-19)28-2)29-17-18-8-4-3-5-9-18/h3-11,14-15,26H,12-13,16-17H2,1-2H3. The predicted octanol–water partition coefficient (Wildman–Crippen LogP) is 5.38. The Balaban J connectivity index is 1.58. The van der Waals surface area contributed by atoms with Crippen molar-refractivity contribution < 1.29 is 14.2 Å². The number of benzene rings is 3. The van der Waals surface area contributed by atoms with Crippen molar-refractivity contribution in [3.63, 3.8) is 0 Å². The first-order valence-corrected chi connectivity index (χ1v) is 10.4. The zero-order valence-electron chi connectivity index (χ0n) is 16.8. The van der Waals surface area contributed by atoms with E-state index in [1.807, 2.05) is 54.6 Å². The normalized spacial score (nSPS) is 10.6. The molecule has 0 aliphatic rings. The minimum Gasteiger partial charge on any atom is -0.496 e. The molecule has 0 spiro atoms. The van der Waals surface area contributed by atoms with Crippen LogP contribution in [-0.2, 0) is 19.6 Å². The second-order valence-electron chi connectivity index (χ2n) is 6.62. The Hall–Kier alpha value is -2.50. The van der Waals surface area contributed by atoms with E-state index in [1.165, 1.54) is 5.56 Å². The van der Waals surface area contributed by atoms with Crippen LogP contribution in [0.1, 0.15) is 16.7 Å². The van der Waals surface area contributed by atoms with Crippen molar-refractivity contribution in [3.8, 4) is 17.2 Å². The van der Waals surface area contributed by atoms with Gasteiger partial charge in [-0.25, -0.2) is 0 Å². The topological polar surface area (TPSA) is 39.7 Å². The van der Waals surface area contributed by atoms with Crippen molar-refractivity contribution in [2.75, 3.05) is 20.8 Å². The van der Waals surface area contributed by atoms with Crippen LogP contribution < -0.4 is 19.5 Å². The molecule has 29 heavy (non-hydrogen) atoms. The molecule has 0 radical (unpaired) electrons. The molecule has 0 aromatic heterocycles. The number of hydrogen-bond acceptors (Lipinski definition) is 4. The van der Waals surface area contributed by atoms with Crippen molar-refractivity contribution >= 4 is 15.9 Å². The largest absolute Gasteiger partial charge is 0.496 e. The molecule has 0 amide bonds. The van der Waals surface area contributed by atoms with E-state index < -0.39 is 0 Å². The Bertz CT molecular complexity index is 915. The molecule has 5 heteroatoms. The van der Waals surface area contributed by atoms with Crippen LogP contribution in [0, 0.1) is 0 Å². The second kappa shape index (κ2) is 10.9. The number of halogens is 1. The van der Waals surface area contributed by atoms with Crippen LogP contribution >= 0.6 is 15.9 Å². The van der Waals surface area contributed by atoms with Gasteiger partial charge in [0.15, 0.2) is 11.5 Å². The monoisotopic (exact) mass is 455 g/mol. The van der Waals surface area contributed by atoms with E-state index in [2.05, 4.69) is 33.4 Å². The molecule has 0 aliphatic carbocycles. The zero-order valence-corrected chi connectivity index (χ0v) is 18.4. The molecular formula is C24H26BrNO3. The average molecular weight is 456 g/mol. The molecule has 1 N–H and O–H groups in total. The van der Waals surface area contributed by atoms with E-state index in [-0.39, 0.29) is 0 Å². The SMILES string of the molecule is COc1ccccc1CCNCc1cc(Br)c(OCc2ccccc2)c(OC)c1. The average Bonchev–Trinajstić information content (AvgIpc) is 2.76. The molecule has 0 fully saturated rings. The Morgan fingerprint density at radius 3 is 2.31 bits per heavy atom. The quantitative estimate of drug-likeness (QED) is 0.416. The fraction of sp³-hybridized carbons (Fsp3) is 0.250. The minimum atomic E-state index is 0.492. The molecule has 4 nitrogen and oxygen atoms in total. The van der Waals surface area contributed by atoms with Gasteiger partial charge in [0.25, 0.3) is 0 Å². The summed E-state index contributed by atoms with van der Waals surface area (Å²) in [4.78, 5) is 0. The van der Waals surface area contributed by atoms with Gasteiger partial charge in [-0.1, -0.05) is 48.5 Å². The molecule has 0 saturated carbocycles. The zero-order chi connectivity index (χ0) is 20.5. The molecule has 0 saturated heterocycles. The van der Waals surface area contributed by atoms with Crippen molar-refractivity contribution in [2.45, 2.75) is 19.6 Å². The lowest BCUT2D eigenvalue weighted by molar-refractivity contribution is 0.282. The van der Waals surface area contributed by atoms with Crippen molar-refractivity contribution in [1.29, 1.82) is 0 Å². The molecule has 0 unspecified atom stereocenters. The Kier molecular flexibility index (Phi) is 7.96. The van der Waals surface area contributed by atoms with Crippen LogP contribution in [-0.4, -0.2) is 20.8 Å². The van der Waals surface area contributed by atoms with E-state index in [9.17, 15) is 0 Å². The second-order valence-corrected chi connectivity index (χ2v) is 7.48. The molecular weight excluding hydrogens is 430 g/mol. The highest BCUT2D eigenvalue weighted by molar-refractivity contribution is 9.10. The van der Waals surface area contributed by atoms with Crippen LogP contribution in [0.3, 0.4) is 0 Å².